The monoisotopic (exact) mass is 113 g/mol. The van der Waals surface area contributed by atoms with E-state index in [0.29, 0.717) is 0 Å². The van der Waals surface area contributed by atoms with Gasteiger partial charge in [-0.25, -0.2) is 0 Å². The summed E-state index contributed by atoms with van der Waals surface area (Å²) in [5.41, 5.74) is 0. The third-order valence-electron chi connectivity index (χ3n) is 1.21. The van der Waals surface area contributed by atoms with Crippen LogP contribution in [-0.2, 0) is 0 Å². The molecule has 0 bridgehead atoms. The Hall–Kier alpha value is 0.0249. The lowest BCUT2D eigenvalue weighted by Crippen LogP contribution is -2.14. The summed E-state index contributed by atoms with van der Waals surface area (Å²) in [7, 11) is 4.24. The van der Waals surface area contributed by atoms with Gasteiger partial charge >= 0.3 is 0 Å². The molecule has 0 atom stereocenters. The van der Waals surface area contributed by atoms with Gasteiger partial charge in [-0.1, -0.05) is 19.8 Å². The van der Waals surface area contributed by atoms with Crippen molar-refractivity contribution in [3.63, 3.8) is 0 Å². The summed E-state index contributed by atoms with van der Waals surface area (Å²) >= 11 is 0. The van der Waals surface area contributed by atoms with Gasteiger partial charge in [-0.15, -0.1) is 0 Å². The van der Waals surface area contributed by atoms with E-state index in [1.807, 2.05) is 0 Å². The Morgan fingerprint density at radius 3 is 2.38 bits per heavy atom. The van der Waals surface area contributed by atoms with E-state index in [9.17, 15) is 0 Å². The number of nitrogens with zero attached hydrogens (tertiary/aromatic N) is 1. The quantitative estimate of drug-likeness (QED) is 0.382. The number of rotatable bonds is 4. The maximum Gasteiger partial charge on any atom is 0.185 e. The molecule has 0 N–H and O–H groups in total. The summed E-state index contributed by atoms with van der Waals surface area (Å²) in [6.45, 7) is 3.48. The van der Waals surface area contributed by atoms with E-state index >= 15 is 0 Å². The average Bonchev–Trinajstić information content (AvgIpc) is 1.66. The smallest absolute Gasteiger partial charge is 0.185 e. The fourth-order valence-corrected chi connectivity index (χ4v) is 0.678. The van der Waals surface area contributed by atoms with Crippen LogP contribution >= 0.6 is 0 Å². The zero-order chi connectivity index (χ0) is 6.41. The van der Waals surface area contributed by atoms with Gasteiger partial charge in [-0.05, 0) is 20.0 Å². The summed E-state index contributed by atoms with van der Waals surface area (Å²) in [5.74, 6) is 0. The third-order valence-corrected chi connectivity index (χ3v) is 1.21. The van der Waals surface area contributed by atoms with Crippen LogP contribution in [0.2, 0.25) is 0 Å². The zero-order valence-electron chi connectivity index (χ0n) is 6.28. The molecule has 0 heterocycles. The summed E-state index contributed by atoms with van der Waals surface area (Å²) in [5, 5.41) is 0. The Balaban J connectivity index is 2.72. The molecule has 0 fully saturated rings. The maximum atomic E-state index is 2.23. The van der Waals surface area contributed by atoms with Crippen LogP contribution in [0.1, 0.15) is 26.2 Å². The molecule has 0 aliphatic heterocycles. The van der Waals surface area contributed by atoms with Crippen molar-refractivity contribution in [3.05, 3.63) is 0 Å². The largest absolute Gasteiger partial charge is 0.351 e. The molecule has 0 amide bonds. The van der Waals surface area contributed by atoms with E-state index in [1.54, 1.807) is 0 Å². The van der Waals surface area contributed by atoms with E-state index in [-0.39, 0.29) is 0 Å². The summed E-state index contributed by atoms with van der Waals surface area (Å²) in [6, 6.07) is 0. The molecule has 0 saturated heterocycles. The summed E-state index contributed by atoms with van der Waals surface area (Å²) in [6.07, 6.45) is 4.05. The lowest BCUT2D eigenvalue weighted by Gasteiger charge is -2.07. The van der Waals surface area contributed by atoms with Crippen LogP contribution in [0.25, 0.3) is 0 Å². The van der Waals surface area contributed by atoms with Gasteiger partial charge in [0.1, 0.15) is 0 Å². The van der Waals surface area contributed by atoms with E-state index in [4.69, 9.17) is 0 Å². The highest BCUT2D eigenvalue weighted by molar-refractivity contribution is 6.04. The predicted octanol–water partition coefficient (Wildman–Crippen LogP) is 0.656. The second-order valence-electron chi connectivity index (χ2n) is 2.51. The molecule has 0 spiro atoms. The van der Waals surface area contributed by atoms with Crippen LogP contribution in [-0.4, -0.2) is 26.4 Å². The first-order chi connectivity index (χ1) is 3.77. The molecule has 2 heteroatoms. The van der Waals surface area contributed by atoms with Gasteiger partial charge in [0.25, 0.3) is 0 Å². The predicted molar refractivity (Wildman–Crippen MR) is 40.7 cm³/mol. The van der Waals surface area contributed by atoms with Crippen molar-refractivity contribution in [2.45, 2.75) is 26.2 Å². The van der Waals surface area contributed by atoms with Crippen LogP contribution in [0.3, 0.4) is 0 Å². The van der Waals surface area contributed by atoms with Gasteiger partial charge in [-0.3, -0.25) is 0 Å². The van der Waals surface area contributed by atoms with Crippen LogP contribution < -0.4 is 0 Å². The van der Waals surface area contributed by atoms with Crippen LogP contribution in [0.4, 0.5) is 0 Å². The number of hydrogen-bond donors (Lipinski definition) is 0. The molecule has 1 nitrogen and oxygen atoms in total. The topological polar surface area (TPSA) is 3.24 Å². The first-order valence-corrected chi connectivity index (χ1v) is 3.42. The molecule has 0 aromatic carbocycles. The van der Waals surface area contributed by atoms with Gasteiger partial charge < -0.3 is 4.81 Å². The minimum Gasteiger partial charge on any atom is -0.351 e. The second kappa shape index (κ2) is 5.17. The minimum absolute atomic E-state index is 1.24. The summed E-state index contributed by atoms with van der Waals surface area (Å²) < 4.78 is 0. The van der Waals surface area contributed by atoms with Gasteiger partial charge in [0, 0.05) is 0 Å². The molecule has 0 saturated carbocycles. The Morgan fingerprint density at radius 2 is 2.00 bits per heavy atom. The molecular formula is C6H16BN. The molecule has 0 radical (unpaired) electrons. The Morgan fingerprint density at radius 1 is 1.38 bits per heavy atom. The highest BCUT2D eigenvalue weighted by Gasteiger charge is 1.86. The Bertz CT molecular complexity index is 45.8. The van der Waals surface area contributed by atoms with Gasteiger partial charge in [0.2, 0.25) is 0 Å². The molecule has 8 heavy (non-hydrogen) atoms. The van der Waals surface area contributed by atoms with E-state index in [0.717, 1.165) is 0 Å². The number of hydrogen-bond acceptors (Lipinski definition) is 1. The highest BCUT2D eigenvalue weighted by atomic mass is 15.0. The summed E-state index contributed by atoms with van der Waals surface area (Å²) in [4.78, 5) is 2.23. The van der Waals surface area contributed by atoms with Gasteiger partial charge in [-0.2, -0.15) is 0 Å². The standard InChI is InChI=1S/C6H16BN/c1-3-4-5-6-8(2)7/h3-7H2,1-2H3. The second-order valence-corrected chi connectivity index (χ2v) is 2.51. The number of unbranched alkanes of at least 4 members (excludes halogenated alkanes) is 2. The van der Waals surface area contributed by atoms with Crippen molar-refractivity contribution >= 4 is 7.98 Å². The lowest BCUT2D eigenvalue weighted by molar-refractivity contribution is 0.509. The van der Waals surface area contributed by atoms with Crippen molar-refractivity contribution in [2.75, 3.05) is 13.6 Å². The molecule has 0 aliphatic rings. The van der Waals surface area contributed by atoms with E-state index in [1.165, 1.54) is 25.8 Å². The maximum absolute atomic E-state index is 2.23. The molecule has 0 aromatic heterocycles. The average molecular weight is 113 g/mol. The molecule has 0 aromatic rings. The Labute approximate surface area is 53.5 Å². The minimum atomic E-state index is 1.24. The SMILES string of the molecule is BN(C)CCCCC. The molecule has 0 rings (SSSR count). The van der Waals surface area contributed by atoms with Crippen LogP contribution in [0, 0.1) is 0 Å². The molecular weight excluding hydrogens is 96.9 g/mol. The van der Waals surface area contributed by atoms with Crippen molar-refractivity contribution in [3.8, 4) is 0 Å². The molecule has 48 valence electrons. The first kappa shape index (κ1) is 8.02. The lowest BCUT2D eigenvalue weighted by atomic mass is 10.2. The van der Waals surface area contributed by atoms with Crippen molar-refractivity contribution in [1.82, 2.24) is 4.81 Å². The van der Waals surface area contributed by atoms with Crippen molar-refractivity contribution in [1.29, 1.82) is 0 Å². The Kier molecular flexibility index (Phi) is 5.18. The molecule has 0 aliphatic carbocycles. The van der Waals surface area contributed by atoms with E-state index in [2.05, 4.69) is 26.8 Å². The molecule has 0 unspecified atom stereocenters. The highest BCUT2D eigenvalue weighted by Crippen LogP contribution is 1.92. The zero-order valence-corrected chi connectivity index (χ0v) is 6.28. The van der Waals surface area contributed by atoms with Crippen LogP contribution in [0.5, 0.6) is 0 Å². The normalized spacial score (nSPS) is 10.4. The van der Waals surface area contributed by atoms with Gasteiger partial charge in [0.15, 0.2) is 7.98 Å². The first-order valence-electron chi connectivity index (χ1n) is 3.42. The van der Waals surface area contributed by atoms with Crippen molar-refractivity contribution in [2.24, 2.45) is 0 Å². The van der Waals surface area contributed by atoms with Gasteiger partial charge in [0.05, 0.1) is 0 Å². The fraction of sp³-hybridized carbons (Fsp3) is 1.00. The van der Waals surface area contributed by atoms with Crippen LogP contribution in [0.15, 0.2) is 0 Å². The fourth-order valence-electron chi connectivity index (χ4n) is 0.678. The van der Waals surface area contributed by atoms with Crippen molar-refractivity contribution < 1.29 is 0 Å². The third kappa shape index (κ3) is 6.02. The van der Waals surface area contributed by atoms with E-state index < -0.39 is 0 Å².